The van der Waals surface area contributed by atoms with Crippen LogP contribution in [0.4, 0.5) is 5.69 Å². The van der Waals surface area contributed by atoms with Gasteiger partial charge in [-0.25, -0.2) is 0 Å². The van der Waals surface area contributed by atoms with Crippen LogP contribution in [0.25, 0.3) is 0 Å². The van der Waals surface area contributed by atoms with Gasteiger partial charge in [0.25, 0.3) is 0 Å². The molecule has 0 aliphatic carbocycles. The highest BCUT2D eigenvalue weighted by Gasteiger charge is 2.06. The van der Waals surface area contributed by atoms with Gasteiger partial charge in [-0.1, -0.05) is 18.2 Å². The van der Waals surface area contributed by atoms with Crippen LogP contribution in [0.3, 0.4) is 0 Å². The summed E-state index contributed by atoms with van der Waals surface area (Å²) in [6.45, 7) is 0. The summed E-state index contributed by atoms with van der Waals surface area (Å²) in [7, 11) is 1.60. The van der Waals surface area contributed by atoms with Crippen molar-refractivity contribution >= 4 is 39.3 Å². The Hall–Kier alpha value is -1.46. The molecule has 0 saturated carbocycles. The molecule has 3 nitrogen and oxygen atoms in total. The molecule has 0 aromatic heterocycles. The maximum absolute atomic E-state index is 11.9. The first-order chi connectivity index (χ1) is 9.69. The van der Waals surface area contributed by atoms with Gasteiger partial charge in [-0.3, -0.25) is 4.79 Å². The van der Waals surface area contributed by atoms with E-state index in [1.807, 2.05) is 42.5 Å². The Morgan fingerprint density at radius 2 is 2.05 bits per heavy atom. The largest absolute Gasteiger partial charge is 0.497 e. The van der Waals surface area contributed by atoms with Gasteiger partial charge < -0.3 is 10.1 Å². The van der Waals surface area contributed by atoms with Gasteiger partial charge >= 0.3 is 0 Å². The van der Waals surface area contributed by atoms with Crippen LogP contribution in [-0.4, -0.2) is 18.8 Å². The summed E-state index contributed by atoms with van der Waals surface area (Å²) in [6, 6.07) is 15.2. The summed E-state index contributed by atoms with van der Waals surface area (Å²) >= 11 is 4.96. The van der Waals surface area contributed by atoms with Crippen LogP contribution >= 0.6 is 27.7 Å². The predicted molar refractivity (Wildman–Crippen MR) is 86.5 cm³/mol. The van der Waals surface area contributed by atoms with Gasteiger partial charge in [-0.05, 0) is 40.2 Å². The normalized spacial score (nSPS) is 10.1. The van der Waals surface area contributed by atoms with Crippen molar-refractivity contribution in [3.63, 3.8) is 0 Å². The van der Waals surface area contributed by atoms with Gasteiger partial charge in [0.1, 0.15) is 5.75 Å². The number of thioether (sulfide) groups is 1. The molecule has 0 bridgehead atoms. The Kier molecular flexibility index (Phi) is 5.49. The number of carbonyl (C=O) groups excluding carboxylic acids is 1. The summed E-state index contributed by atoms with van der Waals surface area (Å²) in [6.07, 6.45) is 0. The van der Waals surface area contributed by atoms with Crippen LogP contribution in [-0.2, 0) is 4.79 Å². The summed E-state index contributed by atoms with van der Waals surface area (Å²) < 4.78 is 6.12. The van der Waals surface area contributed by atoms with Crippen molar-refractivity contribution in [2.45, 2.75) is 4.90 Å². The van der Waals surface area contributed by atoms with Crippen molar-refractivity contribution in [1.29, 1.82) is 0 Å². The molecule has 0 saturated heterocycles. The molecule has 0 unspecified atom stereocenters. The van der Waals surface area contributed by atoms with E-state index in [4.69, 9.17) is 4.74 Å². The molecule has 2 rings (SSSR count). The molecule has 0 spiro atoms. The molecule has 0 aliphatic heterocycles. The Bertz CT molecular complexity index is 604. The van der Waals surface area contributed by atoms with Crippen LogP contribution in [0.1, 0.15) is 0 Å². The van der Waals surface area contributed by atoms with E-state index in [2.05, 4.69) is 21.2 Å². The van der Waals surface area contributed by atoms with Crippen molar-refractivity contribution in [1.82, 2.24) is 0 Å². The molecular weight excluding hydrogens is 338 g/mol. The van der Waals surface area contributed by atoms with Crippen LogP contribution < -0.4 is 10.1 Å². The third kappa shape index (κ3) is 4.28. The number of hydrogen-bond acceptors (Lipinski definition) is 3. The summed E-state index contributed by atoms with van der Waals surface area (Å²) in [5, 5.41) is 2.85. The van der Waals surface area contributed by atoms with Gasteiger partial charge in [0.2, 0.25) is 5.91 Å². The number of nitrogens with one attached hydrogen (secondary N) is 1. The number of carbonyl (C=O) groups is 1. The number of rotatable bonds is 5. The summed E-state index contributed by atoms with van der Waals surface area (Å²) in [5.41, 5.74) is 0.738. The van der Waals surface area contributed by atoms with Crippen molar-refractivity contribution < 1.29 is 9.53 Å². The standard InChI is InChI=1S/C15H14BrNO2S/c1-19-12-6-4-5-11(9-12)17-15(18)10-20-14-8-3-2-7-13(14)16/h2-9H,10H2,1H3,(H,17,18). The summed E-state index contributed by atoms with van der Waals surface area (Å²) in [4.78, 5) is 13.0. The number of benzene rings is 2. The molecule has 0 radical (unpaired) electrons. The van der Waals surface area contributed by atoms with E-state index in [0.717, 1.165) is 20.8 Å². The molecule has 2 aromatic rings. The first-order valence-electron chi connectivity index (χ1n) is 6.00. The maximum atomic E-state index is 11.9. The number of ether oxygens (including phenoxy) is 1. The van der Waals surface area contributed by atoms with Gasteiger partial charge in [0.15, 0.2) is 0 Å². The van der Waals surface area contributed by atoms with Crippen LogP contribution in [0.5, 0.6) is 5.75 Å². The van der Waals surface area contributed by atoms with E-state index in [1.54, 1.807) is 13.2 Å². The second-order valence-electron chi connectivity index (χ2n) is 4.00. The molecule has 0 heterocycles. The zero-order chi connectivity index (χ0) is 14.4. The molecule has 0 atom stereocenters. The number of methoxy groups -OCH3 is 1. The molecular formula is C15H14BrNO2S. The Balaban J connectivity index is 1.91. The lowest BCUT2D eigenvalue weighted by atomic mass is 10.3. The third-order valence-corrected chi connectivity index (χ3v) is 4.58. The van der Waals surface area contributed by atoms with E-state index in [1.165, 1.54) is 11.8 Å². The van der Waals surface area contributed by atoms with Gasteiger partial charge in [0, 0.05) is 21.1 Å². The van der Waals surface area contributed by atoms with Crippen molar-refractivity contribution in [3.8, 4) is 5.75 Å². The third-order valence-electron chi connectivity index (χ3n) is 2.55. The topological polar surface area (TPSA) is 38.3 Å². The fourth-order valence-corrected chi connectivity index (χ4v) is 2.97. The van der Waals surface area contributed by atoms with Crippen LogP contribution in [0, 0.1) is 0 Å². The number of hydrogen-bond donors (Lipinski definition) is 1. The van der Waals surface area contributed by atoms with E-state index in [-0.39, 0.29) is 5.91 Å². The van der Waals surface area contributed by atoms with E-state index >= 15 is 0 Å². The zero-order valence-corrected chi connectivity index (χ0v) is 13.3. The molecule has 1 N–H and O–H groups in total. The fourth-order valence-electron chi connectivity index (χ4n) is 1.60. The van der Waals surface area contributed by atoms with E-state index < -0.39 is 0 Å². The van der Waals surface area contributed by atoms with Gasteiger partial charge in [-0.2, -0.15) is 0 Å². The first-order valence-corrected chi connectivity index (χ1v) is 7.78. The minimum absolute atomic E-state index is 0.0426. The second-order valence-corrected chi connectivity index (χ2v) is 5.87. The molecule has 0 aliphatic rings. The Morgan fingerprint density at radius 1 is 1.25 bits per heavy atom. The highest BCUT2D eigenvalue weighted by Crippen LogP contribution is 2.27. The smallest absolute Gasteiger partial charge is 0.234 e. The SMILES string of the molecule is COc1cccc(NC(=O)CSc2ccccc2Br)c1. The Labute approximate surface area is 130 Å². The average molecular weight is 352 g/mol. The highest BCUT2D eigenvalue weighted by atomic mass is 79.9. The first kappa shape index (κ1) is 14.9. The van der Waals surface area contributed by atoms with Gasteiger partial charge in [-0.15, -0.1) is 11.8 Å². The predicted octanol–water partition coefficient (Wildman–Crippen LogP) is 4.19. The minimum atomic E-state index is -0.0426. The quantitative estimate of drug-likeness (QED) is 0.820. The van der Waals surface area contributed by atoms with Crippen molar-refractivity contribution in [2.75, 3.05) is 18.2 Å². The van der Waals surface area contributed by atoms with Crippen molar-refractivity contribution in [3.05, 3.63) is 53.0 Å². The zero-order valence-electron chi connectivity index (χ0n) is 10.9. The molecule has 20 heavy (non-hydrogen) atoms. The highest BCUT2D eigenvalue weighted by molar-refractivity contribution is 9.10. The monoisotopic (exact) mass is 351 g/mol. The molecule has 5 heteroatoms. The van der Waals surface area contributed by atoms with E-state index in [9.17, 15) is 4.79 Å². The van der Waals surface area contributed by atoms with Gasteiger partial charge in [0.05, 0.1) is 12.9 Å². The maximum Gasteiger partial charge on any atom is 0.234 e. The minimum Gasteiger partial charge on any atom is -0.497 e. The lowest BCUT2D eigenvalue weighted by molar-refractivity contribution is -0.113. The molecule has 1 amide bonds. The number of halogens is 1. The number of amides is 1. The molecule has 0 fully saturated rings. The molecule has 2 aromatic carbocycles. The number of anilines is 1. The molecule has 104 valence electrons. The lowest BCUT2D eigenvalue weighted by Crippen LogP contribution is -2.13. The Morgan fingerprint density at radius 3 is 2.80 bits per heavy atom. The lowest BCUT2D eigenvalue weighted by Gasteiger charge is -2.07. The van der Waals surface area contributed by atoms with Crippen LogP contribution in [0.2, 0.25) is 0 Å². The summed E-state index contributed by atoms with van der Waals surface area (Å²) in [5.74, 6) is 1.04. The second kappa shape index (κ2) is 7.36. The van der Waals surface area contributed by atoms with Crippen LogP contribution in [0.15, 0.2) is 57.9 Å². The van der Waals surface area contributed by atoms with Crippen molar-refractivity contribution in [2.24, 2.45) is 0 Å². The van der Waals surface area contributed by atoms with E-state index in [0.29, 0.717) is 5.75 Å². The average Bonchev–Trinajstić information content (AvgIpc) is 2.46. The fraction of sp³-hybridized carbons (Fsp3) is 0.133.